The number of sulfone groups is 1. The molecule has 0 aliphatic carbocycles. The van der Waals surface area contributed by atoms with E-state index in [-0.39, 0.29) is 10.8 Å². The summed E-state index contributed by atoms with van der Waals surface area (Å²) in [5.41, 5.74) is 3.70. The molecule has 3 nitrogen and oxygen atoms in total. The van der Waals surface area contributed by atoms with E-state index in [0.29, 0.717) is 9.88 Å². The van der Waals surface area contributed by atoms with Gasteiger partial charge in [0.25, 0.3) is 0 Å². The van der Waals surface area contributed by atoms with Crippen molar-refractivity contribution in [2.24, 2.45) is 0 Å². The predicted octanol–water partition coefficient (Wildman–Crippen LogP) is 5.76. The lowest BCUT2D eigenvalue weighted by atomic mass is 10.2. The van der Waals surface area contributed by atoms with E-state index in [9.17, 15) is 8.42 Å². The molecule has 0 aliphatic rings. The molecule has 28 heavy (non-hydrogen) atoms. The van der Waals surface area contributed by atoms with Crippen LogP contribution in [-0.2, 0) is 15.6 Å². The minimum absolute atomic E-state index is 0.0647. The summed E-state index contributed by atoms with van der Waals surface area (Å²) in [6.45, 7) is 2.02. The van der Waals surface area contributed by atoms with Gasteiger partial charge >= 0.3 is 0 Å². The first-order chi connectivity index (χ1) is 13.5. The molecule has 5 heteroatoms. The van der Waals surface area contributed by atoms with Gasteiger partial charge in [-0.2, -0.15) is 0 Å². The Balaban J connectivity index is 1.84. The SMILES string of the molecule is Cc1ccc(-c2nc(S(=O)(=O)Cc3ccccc3)c(-c3ccccc3)s2)cc1. The highest BCUT2D eigenvalue weighted by Crippen LogP contribution is 2.38. The summed E-state index contributed by atoms with van der Waals surface area (Å²) in [5, 5.41) is 0.869. The van der Waals surface area contributed by atoms with Crippen molar-refractivity contribution in [3.63, 3.8) is 0 Å². The molecule has 0 unspecified atom stereocenters. The van der Waals surface area contributed by atoms with Crippen LogP contribution in [0.2, 0.25) is 0 Å². The van der Waals surface area contributed by atoms with E-state index in [1.54, 1.807) is 0 Å². The van der Waals surface area contributed by atoms with Crippen LogP contribution in [0.5, 0.6) is 0 Å². The normalized spacial score (nSPS) is 11.5. The number of hydrogen-bond acceptors (Lipinski definition) is 4. The molecule has 0 spiro atoms. The third-order valence-corrected chi connectivity index (χ3v) is 7.31. The van der Waals surface area contributed by atoms with Gasteiger partial charge < -0.3 is 0 Å². The van der Waals surface area contributed by atoms with Crippen LogP contribution in [-0.4, -0.2) is 13.4 Å². The molecule has 0 bridgehead atoms. The van der Waals surface area contributed by atoms with E-state index in [0.717, 1.165) is 22.3 Å². The van der Waals surface area contributed by atoms with Crippen LogP contribution in [0.3, 0.4) is 0 Å². The number of nitrogens with zero attached hydrogens (tertiary/aromatic N) is 1. The molecule has 0 aliphatic heterocycles. The van der Waals surface area contributed by atoms with E-state index < -0.39 is 9.84 Å². The Bertz CT molecular complexity index is 1180. The standard InChI is InChI=1S/C23H19NO2S2/c1-17-12-14-20(15-13-17)22-24-23(21(27-22)19-10-6-3-7-11-19)28(25,26)16-18-8-4-2-5-9-18/h2-15H,16H2,1H3. The highest BCUT2D eigenvalue weighted by atomic mass is 32.2. The van der Waals surface area contributed by atoms with E-state index >= 15 is 0 Å². The van der Waals surface area contributed by atoms with Crippen molar-refractivity contribution in [2.75, 3.05) is 0 Å². The Morgan fingerprint density at radius 1 is 0.786 bits per heavy atom. The smallest absolute Gasteiger partial charge is 0.201 e. The number of benzene rings is 3. The van der Waals surface area contributed by atoms with E-state index in [2.05, 4.69) is 4.98 Å². The Morgan fingerprint density at radius 3 is 2.04 bits per heavy atom. The Labute approximate surface area is 169 Å². The number of aromatic nitrogens is 1. The zero-order chi connectivity index (χ0) is 19.6. The topological polar surface area (TPSA) is 47.0 Å². The average molecular weight is 406 g/mol. The summed E-state index contributed by atoms with van der Waals surface area (Å²) in [6.07, 6.45) is 0. The van der Waals surface area contributed by atoms with Gasteiger partial charge in [-0.05, 0) is 18.1 Å². The lowest BCUT2D eigenvalue weighted by Crippen LogP contribution is -2.06. The van der Waals surface area contributed by atoms with Crippen LogP contribution in [0.4, 0.5) is 0 Å². The average Bonchev–Trinajstić information content (AvgIpc) is 3.16. The van der Waals surface area contributed by atoms with E-state index in [4.69, 9.17) is 0 Å². The number of thiazole rings is 1. The fourth-order valence-electron chi connectivity index (χ4n) is 2.97. The van der Waals surface area contributed by atoms with Crippen molar-refractivity contribution in [1.29, 1.82) is 0 Å². The molecule has 4 aromatic rings. The van der Waals surface area contributed by atoms with Crippen molar-refractivity contribution < 1.29 is 8.42 Å². The van der Waals surface area contributed by atoms with Gasteiger partial charge in [0.1, 0.15) is 5.01 Å². The van der Waals surface area contributed by atoms with Crippen LogP contribution in [0.1, 0.15) is 11.1 Å². The van der Waals surface area contributed by atoms with Crippen LogP contribution in [0.15, 0.2) is 90.0 Å². The van der Waals surface area contributed by atoms with E-state index in [1.807, 2.05) is 91.9 Å². The monoisotopic (exact) mass is 405 g/mol. The zero-order valence-corrected chi connectivity index (χ0v) is 17.0. The van der Waals surface area contributed by atoms with Gasteiger partial charge in [-0.15, -0.1) is 11.3 Å². The summed E-state index contributed by atoms with van der Waals surface area (Å²) in [5.74, 6) is -0.0647. The molecule has 0 atom stereocenters. The molecule has 0 fully saturated rings. The van der Waals surface area contributed by atoms with Gasteiger partial charge in [0.15, 0.2) is 5.03 Å². The highest BCUT2D eigenvalue weighted by molar-refractivity contribution is 7.90. The van der Waals surface area contributed by atoms with Crippen molar-refractivity contribution in [2.45, 2.75) is 17.7 Å². The van der Waals surface area contributed by atoms with Crippen molar-refractivity contribution in [3.05, 3.63) is 96.1 Å². The zero-order valence-electron chi connectivity index (χ0n) is 15.4. The molecular weight excluding hydrogens is 386 g/mol. The van der Waals surface area contributed by atoms with Crippen LogP contribution < -0.4 is 0 Å². The molecule has 0 saturated heterocycles. The van der Waals surface area contributed by atoms with Crippen LogP contribution in [0, 0.1) is 6.92 Å². The molecule has 4 rings (SSSR count). The minimum Gasteiger partial charge on any atom is -0.224 e. The second kappa shape index (κ2) is 7.70. The van der Waals surface area contributed by atoms with Gasteiger partial charge in [0.05, 0.1) is 10.6 Å². The van der Waals surface area contributed by atoms with Crippen molar-refractivity contribution in [3.8, 4) is 21.0 Å². The maximum Gasteiger partial charge on any atom is 0.201 e. The lowest BCUT2D eigenvalue weighted by molar-refractivity contribution is 0.592. The summed E-state index contributed by atoms with van der Waals surface area (Å²) in [6, 6.07) is 26.8. The number of aryl methyl sites for hydroxylation is 1. The molecule has 1 aromatic heterocycles. The number of hydrogen-bond donors (Lipinski definition) is 0. The summed E-state index contributed by atoms with van der Waals surface area (Å²) in [4.78, 5) is 5.27. The predicted molar refractivity (Wildman–Crippen MR) is 115 cm³/mol. The summed E-state index contributed by atoms with van der Waals surface area (Å²) < 4.78 is 26.5. The van der Waals surface area contributed by atoms with Gasteiger partial charge in [-0.3, -0.25) is 0 Å². The maximum absolute atomic E-state index is 13.2. The Hall–Kier alpha value is -2.76. The molecule has 0 amide bonds. The first kappa shape index (κ1) is 18.6. The first-order valence-corrected chi connectivity index (χ1v) is 11.4. The summed E-state index contributed by atoms with van der Waals surface area (Å²) >= 11 is 1.42. The highest BCUT2D eigenvalue weighted by Gasteiger charge is 2.26. The maximum atomic E-state index is 13.2. The third-order valence-electron chi connectivity index (χ3n) is 4.42. The first-order valence-electron chi connectivity index (χ1n) is 8.93. The third kappa shape index (κ3) is 3.91. The van der Waals surface area contributed by atoms with Gasteiger partial charge in [-0.1, -0.05) is 90.5 Å². The summed E-state index contributed by atoms with van der Waals surface area (Å²) in [7, 11) is -3.59. The fraction of sp³-hybridized carbons (Fsp3) is 0.0870. The number of rotatable bonds is 5. The molecule has 140 valence electrons. The largest absolute Gasteiger partial charge is 0.224 e. The fourth-order valence-corrected chi connectivity index (χ4v) is 5.90. The molecular formula is C23H19NO2S2. The molecule has 0 radical (unpaired) electrons. The molecule has 3 aromatic carbocycles. The van der Waals surface area contributed by atoms with Crippen LogP contribution >= 0.6 is 11.3 Å². The van der Waals surface area contributed by atoms with Gasteiger partial charge in [-0.25, -0.2) is 13.4 Å². The Kier molecular flexibility index (Phi) is 5.11. The molecule has 0 saturated carbocycles. The molecule has 0 N–H and O–H groups in total. The van der Waals surface area contributed by atoms with Gasteiger partial charge in [0, 0.05) is 5.56 Å². The second-order valence-corrected chi connectivity index (χ2v) is 9.53. The van der Waals surface area contributed by atoms with Crippen LogP contribution in [0.25, 0.3) is 21.0 Å². The second-order valence-electron chi connectivity index (χ2n) is 6.63. The molecule has 1 heterocycles. The van der Waals surface area contributed by atoms with E-state index in [1.165, 1.54) is 11.3 Å². The lowest BCUT2D eigenvalue weighted by Gasteiger charge is -2.05. The van der Waals surface area contributed by atoms with Gasteiger partial charge in [0.2, 0.25) is 9.84 Å². The minimum atomic E-state index is -3.59. The quantitative estimate of drug-likeness (QED) is 0.424. The van der Waals surface area contributed by atoms with Crippen molar-refractivity contribution in [1.82, 2.24) is 4.98 Å². The Morgan fingerprint density at radius 2 is 1.39 bits per heavy atom. The van der Waals surface area contributed by atoms with Crippen molar-refractivity contribution >= 4 is 21.2 Å².